The Morgan fingerprint density at radius 3 is 2.96 bits per heavy atom. The van der Waals surface area contributed by atoms with Crippen LogP contribution in [0.1, 0.15) is 28.6 Å². The number of carbonyl (C=O) groups is 1. The SMILES string of the molecule is Cc1cn2c(nc1=O)OC1CC2OC1COC(=O)c1ccccc1. The summed E-state index contributed by atoms with van der Waals surface area (Å²) in [5.74, 6) is -0.401. The van der Waals surface area contributed by atoms with E-state index in [-0.39, 0.29) is 36.6 Å². The summed E-state index contributed by atoms with van der Waals surface area (Å²) in [7, 11) is 0. The highest BCUT2D eigenvalue weighted by Gasteiger charge is 2.43. The number of esters is 1. The summed E-state index contributed by atoms with van der Waals surface area (Å²) in [5, 5.41) is 0. The Labute approximate surface area is 137 Å². The summed E-state index contributed by atoms with van der Waals surface area (Å²) in [4.78, 5) is 27.6. The molecule has 1 aromatic carbocycles. The number of hydrogen-bond acceptors (Lipinski definition) is 6. The molecule has 3 heterocycles. The lowest BCUT2D eigenvalue weighted by Gasteiger charge is -2.23. The second-order valence-corrected chi connectivity index (χ2v) is 5.90. The second kappa shape index (κ2) is 5.76. The number of nitrogens with zero attached hydrogens (tertiary/aromatic N) is 2. The van der Waals surface area contributed by atoms with Crippen molar-refractivity contribution in [1.29, 1.82) is 0 Å². The quantitative estimate of drug-likeness (QED) is 0.794. The molecule has 2 aliphatic heterocycles. The third-order valence-corrected chi connectivity index (χ3v) is 4.22. The predicted octanol–water partition coefficient (Wildman–Crippen LogP) is 1.46. The van der Waals surface area contributed by atoms with Gasteiger partial charge in [0.2, 0.25) is 0 Å². The first kappa shape index (κ1) is 14.9. The van der Waals surface area contributed by atoms with Crippen LogP contribution >= 0.6 is 0 Å². The lowest BCUT2D eigenvalue weighted by Crippen LogP contribution is -2.34. The number of benzene rings is 1. The number of aromatic nitrogens is 2. The highest BCUT2D eigenvalue weighted by Crippen LogP contribution is 2.37. The largest absolute Gasteiger partial charge is 0.459 e. The summed E-state index contributed by atoms with van der Waals surface area (Å²) in [6, 6.07) is 9.04. The molecule has 0 spiro atoms. The fraction of sp³-hybridized carbons (Fsp3) is 0.353. The molecule has 3 atom stereocenters. The Bertz CT molecular complexity index is 833. The summed E-state index contributed by atoms with van der Waals surface area (Å²) < 4.78 is 18.7. The molecule has 0 aliphatic carbocycles. The summed E-state index contributed by atoms with van der Waals surface area (Å²) in [5.41, 5.74) is 0.711. The molecule has 0 amide bonds. The maximum absolute atomic E-state index is 12.0. The van der Waals surface area contributed by atoms with Crippen molar-refractivity contribution in [3.63, 3.8) is 0 Å². The number of rotatable bonds is 3. The van der Waals surface area contributed by atoms with Gasteiger partial charge < -0.3 is 14.2 Å². The van der Waals surface area contributed by atoms with Crippen molar-refractivity contribution in [3.05, 3.63) is 58.0 Å². The molecule has 2 aromatic rings. The average Bonchev–Trinajstić information content (AvgIpc) is 2.93. The van der Waals surface area contributed by atoms with Crippen LogP contribution in [0.15, 0.2) is 41.3 Å². The van der Waals surface area contributed by atoms with Gasteiger partial charge in [-0.05, 0) is 19.1 Å². The molecule has 24 heavy (non-hydrogen) atoms. The van der Waals surface area contributed by atoms with E-state index in [9.17, 15) is 9.59 Å². The van der Waals surface area contributed by atoms with E-state index in [4.69, 9.17) is 14.2 Å². The summed E-state index contributed by atoms with van der Waals surface area (Å²) >= 11 is 0. The Hall–Kier alpha value is -2.67. The second-order valence-electron chi connectivity index (χ2n) is 5.90. The average molecular weight is 328 g/mol. The van der Waals surface area contributed by atoms with Gasteiger partial charge in [-0.2, -0.15) is 4.98 Å². The normalized spacial score (nSPS) is 24.1. The lowest BCUT2D eigenvalue weighted by molar-refractivity contribution is -0.0351. The van der Waals surface area contributed by atoms with Crippen LogP contribution in [0.5, 0.6) is 6.01 Å². The standard InChI is InChI=1S/C17H16N2O5/c1-10-8-19-14-7-12(24-17(19)18-15(10)20)13(23-14)9-22-16(21)11-5-3-2-4-6-11/h2-6,8,12-14H,7,9H2,1H3. The maximum atomic E-state index is 12.0. The first-order valence-corrected chi connectivity index (χ1v) is 7.76. The van der Waals surface area contributed by atoms with Crippen molar-refractivity contribution >= 4 is 5.97 Å². The molecule has 0 saturated carbocycles. The van der Waals surface area contributed by atoms with Gasteiger partial charge in [-0.3, -0.25) is 9.36 Å². The lowest BCUT2D eigenvalue weighted by atomic mass is 10.1. The maximum Gasteiger partial charge on any atom is 0.338 e. The highest BCUT2D eigenvalue weighted by atomic mass is 16.6. The van der Waals surface area contributed by atoms with Crippen molar-refractivity contribution < 1.29 is 19.0 Å². The molecular formula is C17H16N2O5. The van der Waals surface area contributed by atoms with E-state index in [1.807, 2.05) is 6.07 Å². The van der Waals surface area contributed by atoms with Crippen LogP contribution in [0.2, 0.25) is 0 Å². The van der Waals surface area contributed by atoms with E-state index >= 15 is 0 Å². The van der Waals surface area contributed by atoms with Gasteiger partial charge in [-0.15, -0.1) is 0 Å². The summed E-state index contributed by atoms with van der Waals surface area (Å²) in [6.45, 7) is 1.79. The van der Waals surface area contributed by atoms with Gasteiger partial charge >= 0.3 is 12.0 Å². The van der Waals surface area contributed by atoms with Crippen LogP contribution in [0.3, 0.4) is 0 Å². The molecule has 2 bridgehead atoms. The minimum absolute atomic E-state index is 0.0899. The van der Waals surface area contributed by atoms with Crippen LogP contribution in [0, 0.1) is 6.92 Å². The molecule has 1 aromatic heterocycles. The molecule has 7 nitrogen and oxygen atoms in total. The first-order valence-electron chi connectivity index (χ1n) is 7.76. The number of carbonyl (C=O) groups excluding carboxylic acids is 1. The van der Waals surface area contributed by atoms with Gasteiger partial charge in [0.25, 0.3) is 5.56 Å². The van der Waals surface area contributed by atoms with Gasteiger partial charge in [0, 0.05) is 18.2 Å². The fourth-order valence-electron chi connectivity index (χ4n) is 2.94. The van der Waals surface area contributed by atoms with Crippen LogP contribution in [0.4, 0.5) is 0 Å². The van der Waals surface area contributed by atoms with Crippen molar-refractivity contribution in [2.75, 3.05) is 6.61 Å². The molecule has 4 rings (SSSR count). The van der Waals surface area contributed by atoms with Crippen LogP contribution in [0.25, 0.3) is 0 Å². The van der Waals surface area contributed by atoms with E-state index < -0.39 is 5.97 Å². The van der Waals surface area contributed by atoms with Gasteiger partial charge in [-0.25, -0.2) is 4.79 Å². The van der Waals surface area contributed by atoms with E-state index in [0.717, 1.165) is 0 Å². The first-order chi connectivity index (χ1) is 11.6. The topological polar surface area (TPSA) is 79.7 Å². The van der Waals surface area contributed by atoms with E-state index in [1.165, 1.54) is 0 Å². The van der Waals surface area contributed by atoms with E-state index in [0.29, 0.717) is 17.5 Å². The van der Waals surface area contributed by atoms with Gasteiger partial charge in [0.1, 0.15) is 25.0 Å². The van der Waals surface area contributed by atoms with Crippen molar-refractivity contribution in [2.24, 2.45) is 0 Å². The summed E-state index contributed by atoms with van der Waals surface area (Å²) in [6.07, 6.45) is 1.38. The molecule has 0 N–H and O–H groups in total. The molecule has 1 saturated heterocycles. The molecule has 2 aliphatic rings. The fourth-order valence-corrected chi connectivity index (χ4v) is 2.94. The van der Waals surface area contributed by atoms with Crippen LogP contribution < -0.4 is 10.3 Å². The monoisotopic (exact) mass is 328 g/mol. The smallest absolute Gasteiger partial charge is 0.338 e. The Kier molecular flexibility index (Phi) is 3.57. The highest BCUT2D eigenvalue weighted by molar-refractivity contribution is 5.89. The molecular weight excluding hydrogens is 312 g/mol. The Morgan fingerprint density at radius 1 is 1.38 bits per heavy atom. The van der Waals surface area contributed by atoms with Crippen molar-refractivity contribution in [1.82, 2.24) is 9.55 Å². The van der Waals surface area contributed by atoms with Gasteiger partial charge in [-0.1, -0.05) is 18.2 Å². The van der Waals surface area contributed by atoms with Crippen LogP contribution in [-0.4, -0.2) is 34.3 Å². The molecule has 7 heteroatoms. The third kappa shape index (κ3) is 2.56. The number of fused-ring (bicyclic) bond motifs is 4. The zero-order chi connectivity index (χ0) is 16.7. The van der Waals surface area contributed by atoms with Crippen LogP contribution in [-0.2, 0) is 9.47 Å². The number of hydrogen-bond donors (Lipinski definition) is 0. The van der Waals surface area contributed by atoms with Gasteiger partial charge in [0.15, 0.2) is 0 Å². The van der Waals surface area contributed by atoms with Crippen molar-refractivity contribution in [2.45, 2.75) is 31.8 Å². The van der Waals surface area contributed by atoms with Crippen molar-refractivity contribution in [3.8, 4) is 6.01 Å². The Balaban J connectivity index is 1.45. The molecule has 3 unspecified atom stereocenters. The Morgan fingerprint density at radius 2 is 2.17 bits per heavy atom. The van der Waals surface area contributed by atoms with Gasteiger partial charge in [0.05, 0.1) is 5.56 Å². The minimum atomic E-state index is -0.401. The predicted molar refractivity (Wildman–Crippen MR) is 82.9 cm³/mol. The zero-order valence-corrected chi connectivity index (χ0v) is 13.0. The molecule has 0 radical (unpaired) electrons. The molecule has 1 fully saturated rings. The number of ether oxygens (including phenoxy) is 3. The zero-order valence-electron chi connectivity index (χ0n) is 13.0. The molecule has 124 valence electrons. The number of aryl methyl sites for hydroxylation is 1. The van der Waals surface area contributed by atoms with E-state index in [2.05, 4.69) is 4.98 Å². The third-order valence-electron chi connectivity index (χ3n) is 4.22. The van der Waals surface area contributed by atoms with E-state index in [1.54, 1.807) is 42.0 Å². The minimum Gasteiger partial charge on any atom is -0.459 e.